The minimum absolute atomic E-state index is 0.209. The van der Waals surface area contributed by atoms with Crippen LogP contribution in [0, 0.1) is 0 Å². The molecule has 1 N–H and O–H groups in total. The lowest BCUT2D eigenvalue weighted by molar-refractivity contribution is -0.127. The highest BCUT2D eigenvalue weighted by Crippen LogP contribution is 2.24. The molecular weight excluding hydrogens is 330 g/mol. The van der Waals surface area contributed by atoms with Gasteiger partial charge in [-0.25, -0.2) is 4.68 Å². The number of para-hydroxylation sites is 1. The number of ether oxygens (including phenoxy) is 1. The van der Waals surface area contributed by atoms with Crippen molar-refractivity contribution in [2.45, 2.75) is 19.6 Å². The highest BCUT2D eigenvalue weighted by Gasteiger charge is 2.19. The summed E-state index contributed by atoms with van der Waals surface area (Å²) in [6.07, 6.45) is 2.45. The van der Waals surface area contributed by atoms with Gasteiger partial charge in [0.1, 0.15) is 10.8 Å². The minimum atomic E-state index is -0.739. The SMILES string of the molecule is CC(Oc1nn(-c2ccccc2)cc1Cl)C(=O)NCc1ccco1. The van der Waals surface area contributed by atoms with Gasteiger partial charge in [-0.3, -0.25) is 4.79 Å². The molecular formula is C17H16ClN3O3. The fraction of sp³-hybridized carbons (Fsp3) is 0.176. The molecule has 7 heteroatoms. The van der Waals surface area contributed by atoms with E-state index < -0.39 is 6.10 Å². The zero-order valence-corrected chi connectivity index (χ0v) is 13.7. The monoisotopic (exact) mass is 345 g/mol. The summed E-state index contributed by atoms with van der Waals surface area (Å²) in [4.78, 5) is 12.1. The summed E-state index contributed by atoms with van der Waals surface area (Å²) in [5.41, 5.74) is 0.851. The maximum atomic E-state index is 12.1. The second kappa shape index (κ2) is 7.23. The molecule has 124 valence electrons. The second-order valence-corrected chi connectivity index (χ2v) is 5.53. The average Bonchev–Trinajstić information content (AvgIpc) is 3.24. The first kappa shape index (κ1) is 16.1. The molecule has 3 rings (SSSR count). The highest BCUT2D eigenvalue weighted by molar-refractivity contribution is 6.31. The van der Waals surface area contributed by atoms with E-state index in [-0.39, 0.29) is 11.8 Å². The maximum Gasteiger partial charge on any atom is 0.261 e. The Morgan fingerprint density at radius 1 is 1.33 bits per heavy atom. The van der Waals surface area contributed by atoms with Crippen molar-refractivity contribution in [1.82, 2.24) is 15.1 Å². The molecule has 0 fully saturated rings. The molecule has 1 amide bonds. The number of halogens is 1. The third-order valence-electron chi connectivity index (χ3n) is 3.33. The van der Waals surface area contributed by atoms with E-state index in [1.54, 1.807) is 36.2 Å². The van der Waals surface area contributed by atoms with Crippen LogP contribution in [0.4, 0.5) is 0 Å². The van der Waals surface area contributed by atoms with Crippen LogP contribution in [0.1, 0.15) is 12.7 Å². The summed E-state index contributed by atoms with van der Waals surface area (Å²) >= 11 is 6.15. The van der Waals surface area contributed by atoms with Gasteiger partial charge in [0.25, 0.3) is 11.8 Å². The van der Waals surface area contributed by atoms with Crippen molar-refractivity contribution in [3.8, 4) is 11.6 Å². The van der Waals surface area contributed by atoms with Crippen LogP contribution in [0.2, 0.25) is 5.02 Å². The summed E-state index contributed by atoms with van der Waals surface area (Å²) in [7, 11) is 0. The highest BCUT2D eigenvalue weighted by atomic mass is 35.5. The number of nitrogens with one attached hydrogen (secondary N) is 1. The Kier molecular flexibility index (Phi) is 4.86. The van der Waals surface area contributed by atoms with Crippen LogP contribution >= 0.6 is 11.6 Å². The molecule has 6 nitrogen and oxygen atoms in total. The molecule has 1 unspecified atom stereocenters. The van der Waals surface area contributed by atoms with Gasteiger partial charge in [-0.2, -0.15) is 0 Å². The standard InChI is InChI=1S/C17H16ClN3O3/c1-12(16(22)19-10-14-8-5-9-23-14)24-17-15(18)11-21(20-17)13-6-3-2-4-7-13/h2-9,11-12H,10H2,1H3,(H,19,22). The smallest absolute Gasteiger partial charge is 0.261 e. The molecule has 0 spiro atoms. The number of nitrogens with zero attached hydrogens (tertiary/aromatic N) is 2. The molecule has 2 aromatic heterocycles. The lowest BCUT2D eigenvalue weighted by Crippen LogP contribution is -2.36. The fourth-order valence-corrected chi connectivity index (χ4v) is 2.26. The maximum absolute atomic E-state index is 12.1. The number of hydrogen-bond acceptors (Lipinski definition) is 4. The Balaban J connectivity index is 1.62. The van der Waals surface area contributed by atoms with Crippen LogP contribution in [-0.4, -0.2) is 21.8 Å². The molecule has 0 radical (unpaired) electrons. The third-order valence-corrected chi connectivity index (χ3v) is 3.59. The molecule has 2 heterocycles. The summed E-state index contributed by atoms with van der Waals surface area (Å²) in [6.45, 7) is 1.93. The normalized spacial score (nSPS) is 11.9. The van der Waals surface area contributed by atoms with Gasteiger partial charge in [0.15, 0.2) is 6.10 Å². The van der Waals surface area contributed by atoms with Crippen molar-refractivity contribution in [3.63, 3.8) is 0 Å². The number of benzene rings is 1. The summed E-state index contributed by atoms with van der Waals surface area (Å²) in [5, 5.41) is 7.34. The Morgan fingerprint density at radius 2 is 2.12 bits per heavy atom. The van der Waals surface area contributed by atoms with E-state index in [4.69, 9.17) is 20.8 Å². The predicted octanol–water partition coefficient (Wildman–Crippen LogP) is 3.20. The van der Waals surface area contributed by atoms with Gasteiger partial charge in [-0.1, -0.05) is 29.8 Å². The number of hydrogen-bond donors (Lipinski definition) is 1. The van der Waals surface area contributed by atoms with E-state index >= 15 is 0 Å². The van der Waals surface area contributed by atoms with Crippen molar-refractivity contribution < 1.29 is 13.9 Å². The van der Waals surface area contributed by atoms with Gasteiger partial charge in [0.05, 0.1) is 24.7 Å². The Hall–Kier alpha value is -2.73. The van der Waals surface area contributed by atoms with Gasteiger partial charge in [0.2, 0.25) is 0 Å². The van der Waals surface area contributed by atoms with E-state index in [2.05, 4.69) is 10.4 Å². The van der Waals surface area contributed by atoms with Gasteiger partial charge >= 0.3 is 0 Å². The molecule has 0 saturated carbocycles. The van der Waals surface area contributed by atoms with Crippen molar-refractivity contribution in [3.05, 3.63) is 65.7 Å². The van der Waals surface area contributed by atoms with Gasteiger partial charge < -0.3 is 14.5 Å². The largest absolute Gasteiger partial charge is 0.467 e. The van der Waals surface area contributed by atoms with Crippen LogP contribution in [0.25, 0.3) is 5.69 Å². The van der Waals surface area contributed by atoms with Crippen molar-refractivity contribution in [2.75, 3.05) is 0 Å². The molecule has 0 aliphatic rings. The zero-order valence-electron chi connectivity index (χ0n) is 13.0. The number of furan rings is 1. The van der Waals surface area contributed by atoms with Crippen molar-refractivity contribution in [2.24, 2.45) is 0 Å². The molecule has 0 bridgehead atoms. The number of aromatic nitrogens is 2. The quantitative estimate of drug-likeness (QED) is 0.744. The van der Waals surface area contributed by atoms with Crippen LogP contribution in [0.15, 0.2) is 59.3 Å². The summed E-state index contributed by atoms with van der Waals surface area (Å²) in [6, 6.07) is 13.0. The molecule has 0 aliphatic carbocycles. The Labute approximate surface area is 144 Å². The number of carbonyl (C=O) groups excluding carboxylic acids is 1. The zero-order chi connectivity index (χ0) is 16.9. The predicted molar refractivity (Wildman–Crippen MR) is 89.2 cm³/mol. The van der Waals surface area contributed by atoms with E-state index in [0.29, 0.717) is 17.3 Å². The third kappa shape index (κ3) is 3.78. The van der Waals surface area contributed by atoms with Crippen molar-refractivity contribution in [1.29, 1.82) is 0 Å². The van der Waals surface area contributed by atoms with E-state index in [1.807, 2.05) is 30.3 Å². The van der Waals surface area contributed by atoms with E-state index in [9.17, 15) is 4.79 Å². The molecule has 1 aromatic carbocycles. The lowest BCUT2D eigenvalue weighted by Gasteiger charge is -2.12. The fourth-order valence-electron chi connectivity index (χ4n) is 2.08. The van der Waals surface area contributed by atoms with Gasteiger partial charge in [-0.15, -0.1) is 5.10 Å². The number of carbonyl (C=O) groups is 1. The first-order valence-electron chi connectivity index (χ1n) is 7.41. The second-order valence-electron chi connectivity index (χ2n) is 5.12. The van der Waals surface area contributed by atoms with Crippen LogP contribution in [-0.2, 0) is 11.3 Å². The lowest BCUT2D eigenvalue weighted by atomic mass is 10.3. The van der Waals surface area contributed by atoms with E-state index in [1.165, 1.54) is 0 Å². The van der Waals surface area contributed by atoms with Gasteiger partial charge in [0, 0.05) is 0 Å². The van der Waals surface area contributed by atoms with Crippen LogP contribution in [0.3, 0.4) is 0 Å². The van der Waals surface area contributed by atoms with Crippen LogP contribution < -0.4 is 10.1 Å². The topological polar surface area (TPSA) is 69.3 Å². The average molecular weight is 346 g/mol. The molecule has 0 saturated heterocycles. The van der Waals surface area contributed by atoms with Crippen LogP contribution in [0.5, 0.6) is 5.88 Å². The first-order valence-corrected chi connectivity index (χ1v) is 7.78. The number of rotatable bonds is 6. The molecule has 0 aliphatic heterocycles. The van der Waals surface area contributed by atoms with Gasteiger partial charge in [-0.05, 0) is 31.2 Å². The molecule has 1 atom stereocenters. The summed E-state index contributed by atoms with van der Waals surface area (Å²) < 4.78 is 12.3. The Bertz CT molecular complexity index is 800. The summed E-state index contributed by atoms with van der Waals surface area (Å²) in [5.74, 6) is 0.597. The van der Waals surface area contributed by atoms with Crippen molar-refractivity contribution >= 4 is 17.5 Å². The number of amides is 1. The molecule has 24 heavy (non-hydrogen) atoms. The minimum Gasteiger partial charge on any atom is -0.467 e. The van der Waals surface area contributed by atoms with E-state index in [0.717, 1.165) is 5.69 Å². The first-order chi connectivity index (χ1) is 11.6. The molecule has 3 aromatic rings. The Morgan fingerprint density at radius 3 is 2.83 bits per heavy atom.